The molecule has 0 radical (unpaired) electrons. The molecule has 1 fully saturated rings. The van der Waals surface area contributed by atoms with Gasteiger partial charge in [-0.05, 0) is 110 Å². The van der Waals surface area contributed by atoms with Gasteiger partial charge in [-0.1, -0.05) is 63.4 Å². The van der Waals surface area contributed by atoms with Crippen molar-refractivity contribution in [3.63, 3.8) is 0 Å². The van der Waals surface area contributed by atoms with Gasteiger partial charge in [-0.3, -0.25) is 4.79 Å². The van der Waals surface area contributed by atoms with Crippen LogP contribution < -0.4 is 14.4 Å². The smallest absolute Gasteiger partial charge is 0.264 e. The van der Waals surface area contributed by atoms with E-state index < -0.39 is 21.2 Å². The van der Waals surface area contributed by atoms with E-state index in [0.717, 1.165) is 61.7 Å². The summed E-state index contributed by atoms with van der Waals surface area (Å²) in [6.07, 6.45) is 12.9. The Morgan fingerprint density at radius 3 is 2.75 bits per heavy atom. The van der Waals surface area contributed by atoms with Gasteiger partial charge in [-0.25, -0.2) is 13.1 Å². The van der Waals surface area contributed by atoms with Crippen LogP contribution in [0.3, 0.4) is 0 Å². The number of ether oxygens (including phenoxy) is 1. The Kier molecular flexibility index (Phi) is 9.09. The first-order valence-electron chi connectivity index (χ1n) is 16.6. The lowest BCUT2D eigenvalue weighted by atomic mass is 9.66. The summed E-state index contributed by atoms with van der Waals surface area (Å²) in [5.41, 5.74) is 3.64. The van der Waals surface area contributed by atoms with Crippen molar-refractivity contribution in [1.82, 2.24) is 4.72 Å². The van der Waals surface area contributed by atoms with Crippen molar-refractivity contribution < 1.29 is 17.9 Å². The molecule has 3 unspecified atom stereocenters. The second-order valence-corrected chi connectivity index (χ2v) is 16.3. The number of carbonyl (C=O) groups excluding carboxylic acids is 1. The van der Waals surface area contributed by atoms with Gasteiger partial charge < -0.3 is 9.64 Å². The Balaban J connectivity index is 1.41. The zero-order valence-electron chi connectivity index (χ0n) is 26.4. The third kappa shape index (κ3) is 6.16. The van der Waals surface area contributed by atoms with Gasteiger partial charge in [-0.2, -0.15) is 0 Å². The lowest BCUT2D eigenvalue weighted by Gasteiger charge is -2.46. The molecule has 2 aliphatic carbocycles. The molecule has 1 N–H and O–H groups in total. The molecule has 6 rings (SSSR count). The normalized spacial score (nSPS) is 32.3. The van der Waals surface area contributed by atoms with Crippen molar-refractivity contribution in [2.24, 2.45) is 23.7 Å². The molecule has 4 aliphatic rings. The summed E-state index contributed by atoms with van der Waals surface area (Å²) in [5, 5.41) is 0.135. The van der Waals surface area contributed by atoms with E-state index >= 15 is 0 Å². The number of rotatable bonds is 3. The van der Waals surface area contributed by atoms with Gasteiger partial charge in [0.2, 0.25) is 10.0 Å². The number of carbonyl (C=O) groups is 1. The lowest BCUT2D eigenvalue weighted by molar-refractivity contribution is 0.0980. The highest BCUT2D eigenvalue weighted by Gasteiger charge is 2.44. The summed E-state index contributed by atoms with van der Waals surface area (Å²) in [7, 11) is -3.88. The van der Waals surface area contributed by atoms with Crippen LogP contribution >= 0.6 is 11.6 Å². The first-order chi connectivity index (χ1) is 21.1. The maximum absolute atomic E-state index is 13.7. The van der Waals surface area contributed by atoms with Gasteiger partial charge in [0, 0.05) is 29.1 Å². The highest BCUT2D eigenvalue weighted by atomic mass is 35.5. The second kappa shape index (κ2) is 12.7. The maximum Gasteiger partial charge on any atom is 0.264 e. The fourth-order valence-electron chi connectivity index (χ4n) is 8.27. The number of benzene rings is 2. The van der Waals surface area contributed by atoms with E-state index in [1.165, 1.54) is 24.0 Å². The van der Waals surface area contributed by atoms with Crippen LogP contribution in [-0.4, -0.2) is 39.3 Å². The summed E-state index contributed by atoms with van der Waals surface area (Å²) >= 11 is 6.43. The van der Waals surface area contributed by atoms with Crippen LogP contribution in [0.15, 0.2) is 48.6 Å². The van der Waals surface area contributed by atoms with Crippen molar-refractivity contribution in [3.8, 4) is 5.75 Å². The fourth-order valence-corrected chi connectivity index (χ4v) is 10.2. The van der Waals surface area contributed by atoms with Crippen molar-refractivity contribution in [1.29, 1.82) is 0 Å². The molecule has 44 heavy (non-hydrogen) atoms. The zero-order valence-corrected chi connectivity index (χ0v) is 27.9. The van der Waals surface area contributed by atoms with Crippen LogP contribution in [-0.2, 0) is 21.9 Å². The molecule has 2 bridgehead atoms. The van der Waals surface area contributed by atoms with Gasteiger partial charge in [0.05, 0.1) is 17.5 Å². The number of nitrogens with one attached hydrogen (secondary N) is 1. The molecule has 2 aromatic rings. The molecule has 238 valence electrons. The average Bonchev–Trinajstić information content (AvgIpc) is 3.11. The third-order valence-corrected chi connectivity index (χ3v) is 13.2. The average molecular weight is 639 g/mol. The van der Waals surface area contributed by atoms with Gasteiger partial charge in [-0.15, -0.1) is 0 Å². The van der Waals surface area contributed by atoms with Crippen molar-refractivity contribution in [3.05, 3.63) is 70.3 Å². The SMILES string of the molecule is CCCCC1[C@H](C)C/C=C\[C@H](C)C2CCC2CN2C[C@@]3(CCCc4cc(Cl)ccc43)COc3ccc(cc32)C(=O)NS1(=O)=O. The Hall–Kier alpha value is -2.51. The first kappa shape index (κ1) is 31.5. The van der Waals surface area contributed by atoms with Crippen LogP contribution in [0.2, 0.25) is 5.02 Å². The number of anilines is 1. The number of sulfonamides is 1. The molecular weight excluding hydrogens is 592 g/mol. The standard InChI is InChI=1S/C36H47ClN2O4S/c1-4-5-11-34-25(3)9-6-8-24(2)30-15-12-28(30)21-39-22-36(18-7-10-26-19-29(37)14-16-31(26)36)23-43-33-17-13-27(20-32(33)39)35(40)38-44(34,41)42/h6,8,13-14,16-17,19-20,24-25,28,30,34H,4-5,7,9-12,15,18,21-23H2,1-3H3,(H,38,40)/b8-6-/t24-,25+,28?,30?,34?,36-/m0/s1. The van der Waals surface area contributed by atoms with Gasteiger partial charge in [0.25, 0.3) is 5.91 Å². The largest absolute Gasteiger partial charge is 0.490 e. The summed E-state index contributed by atoms with van der Waals surface area (Å²) in [6.45, 7) is 8.59. The summed E-state index contributed by atoms with van der Waals surface area (Å²) < 4.78 is 36.4. The number of allylic oxidation sites excluding steroid dienone is 2. The summed E-state index contributed by atoms with van der Waals surface area (Å²) in [6, 6.07) is 11.7. The second-order valence-electron chi connectivity index (χ2n) is 13.9. The molecule has 8 heteroatoms. The van der Waals surface area contributed by atoms with Gasteiger partial charge in [0.1, 0.15) is 5.75 Å². The van der Waals surface area contributed by atoms with Crippen LogP contribution in [0.25, 0.3) is 0 Å². The highest BCUT2D eigenvalue weighted by Crippen LogP contribution is 2.47. The lowest BCUT2D eigenvalue weighted by Crippen LogP contribution is -2.49. The zero-order chi connectivity index (χ0) is 31.1. The molecule has 1 saturated carbocycles. The van der Waals surface area contributed by atoms with E-state index in [2.05, 4.69) is 47.8 Å². The Morgan fingerprint density at radius 1 is 1.14 bits per heavy atom. The van der Waals surface area contributed by atoms with Gasteiger partial charge >= 0.3 is 0 Å². The van der Waals surface area contributed by atoms with E-state index in [-0.39, 0.29) is 11.3 Å². The van der Waals surface area contributed by atoms with Gasteiger partial charge in [0.15, 0.2) is 0 Å². The van der Waals surface area contributed by atoms with E-state index in [0.29, 0.717) is 42.8 Å². The molecule has 0 aromatic heterocycles. The first-order valence-corrected chi connectivity index (χ1v) is 18.6. The molecule has 0 saturated heterocycles. The minimum absolute atomic E-state index is 0.0965. The van der Waals surface area contributed by atoms with Crippen molar-refractivity contribution >= 4 is 33.2 Å². The monoisotopic (exact) mass is 638 g/mol. The topological polar surface area (TPSA) is 75.7 Å². The quantitative estimate of drug-likeness (QED) is 0.349. The molecule has 6 nitrogen and oxygen atoms in total. The van der Waals surface area contributed by atoms with Crippen LogP contribution in [0.5, 0.6) is 5.75 Å². The molecule has 1 spiro atoms. The van der Waals surface area contributed by atoms with E-state index in [1.807, 2.05) is 25.1 Å². The molecule has 1 amide bonds. The number of unbranched alkanes of at least 4 members (excludes halogenated alkanes) is 1. The number of fused-ring (bicyclic) bond motifs is 4. The molecular formula is C36H47ClN2O4S. The van der Waals surface area contributed by atoms with Crippen molar-refractivity contribution in [2.75, 3.05) is 24.6 Å². The molecule has 2 aliphatic heterocycles. The number of aryl methyl sites for hydroxylation is 1. The predicted molar refractivity (Wildman–Crippen MR) is 178 cm³/mol. The molecule has 2 aromatic carbocycles. The number of hydrogen-bond acceptors (Lipinski definition) is 5. The predicted octanol–water partition coefficient (Wildman–Crippen LogP) is 7.69. The number of halogens is 1. The Morgan fingerprint density at radius 2 is 1.98 bits per heavy atom. The minimum Gasteiger partial charge on any atom is -0.490 e. The molecule has 2 heterocycles. The van der Waals surface area contributed by atoms with Crippen LogP contribution in [0.4, 0.5) is 5.69 Å². The number of amides is 1. The summed E-state index contributed by atoms with van der Waals surface area (Å²) in [5.74, 6) is 1.60. The van der Waals surface area contributed by atoms with Crippen molar-refractivity contribution in [2.45, 2.75) is 89.2 Å². The highest BCUT2D eigenvalue weighted by molar-refractivity contribution is 7.90. The van der Waals surface area contributed by atoms with E-state index in [9.17, 15) is 13.2 Å². The minimum atomic E-state index is -3.88. The number of hydrogen-bond donors (Lipinski definition) is 1. The van der Waals surface area contributed by atoms with Crippen LogP contribution in [0, 0.1) is 23.7 Å². The Labute approximate surface area is 268 Å². The van der Waals surface area contributed by atoms with E-state index in [1.54, 1.807) is 6.07 Å². The fraction of sp³-hybridized carbons (Fsp3) is 0.583. The van der Waals surface area contributed by atoms with E-state index in [4.69, 9.17) is 16.3 Å². The molecule has 6 atom stereocenters. The maximum atomic E-state index is 13.7. The third-order valence-electron chi connectivity index (χ3n) is 11.0. The summed E-state index contributed by atoms with van der Waals surface area (Å²) in [4.78, 5) is 16.1. The number of nitrogens with zero attached hydrogens (tertiary/aromatic N) is 1. The van der Waals surface area contributed by atoms with Crippen LogP contribution in [0.1, 0.15) is 93.6 Å². The Bertz CT molecular complexity index is 1520.